The summed E-state index contributed by atoms with van der Waals surface area (Å²) >= 11 is 0. The molecule has 0 aromatic heterocycles. The van der Waals surface area contributed by atoms with Crippen LogP contribution in [0.5, 0.6) is 0 Å². The van der Waals surface area contributed by atoms with Crippen LogP contribution in [0.25, 0.3) is 0 Å². The van der Waals surface area contributed by atoms with Gasteiger partial charge >= 0.3 is 0 Å². The van der Waals surface area contributed by atoms with E-state index in [1.807, 2.05) is 0 Å². The van der Waals surface area contributed by atoms with E-state index in [4.69, 9.17) is 0 Å². The second kappa shape index (κ2) is 7.49. The Balaban J connectivity index is 2.33. The lowest BCUT2D eigenvalue weighted by molar-refractivity contribution is 0.219. The normalized spacial score (nSPS) is 23.5. The Morgan fingerprint density at radius 1 is 1.28 bits per heavy atom. The van der Waals surface area contributed by atoms with Gasteiger partial charge in [0.05, 0.1) is 0 Å². The predicted molar refractivity (Wildman–Crippen MR) is 81.0 cm³/mol. The standard InChI is InChI=1S/C16H34N2/c1-6-10-17-15(16(3,4)5)9-12-18-11-8-14(7-2)13-18/h14-15,17H,6-13H2,1-5H3. The number of nitrogens with zero attached hydrogens (tertiary/aromatic N) is 1. The van der Waals surface area contributed by atoms with Crippen molar-refractivity contribution >= 4 is 0 Å². The Kier molecular flexibility index (Phi) is 6.65. The first-order valence-corrected chi connectivity index (χ1v) is 7.93. The van der Waals surface area contributed by atoms with Gasteiger partial charge in [0.1, 0.15) is 0 Å². The Morgan fingerprint density at radius 2 is 2.00 bits per heavy atom. The van der Waals surface area contributed by atoms with Gasteiger partial charge in [-0.1, -0.05) is 41.0 Å². The lowest BCUT2D eigenvalue weighted by Crippen LogP contribution is -2.43. The molecule has 1 aliphatic heterocycles. The van der Waals surface area contributed by atoms with E-state index in [1.54, 1.807) is 0 Å². The van der Waals surface area contributed by atoms with Crippen molar-refractivity contribution in [3.8, 4) is 0 Å². The molecule has 1 saturated heterocycles. The van der Waals surface area contributed by atoms with Gasteiger partial charge in [0.2, 0.25) is 0 Å². The molecule has 0 spiro atoms. The zero-order valence-electron chi connectivity index (χ0n) is 13.3. The SMILES string of the molecule is CCCNC(CCN1CCC(CC)C1)C(C)(C)C. The smallest absolute Gasteiger partial charge is 0.0128 e. The van der Waals surface area contributed by atoms with Crippen LogP contribution in [0.15, 0.2) is 0 Å². The van der Waals surface area contributed by atoms with Gasteiger partial charge in [-0.25, -0.2) is 0 Å². The van der Waals surface area contributed by atoms with Gasteiger partial charge in [-0.2, -0.15) is 0 Å². The first kappa shape index (κ1) is 16.0. The highest BCUT2D eigenvalue weighted by molar-refractivity contribution is 4.83. The van der Waals surface area contributed by atoms with Gasteiger partial charge in [-0.3, -0.25) is 0 Å². The van der Waals surface area contributed by atoms with Crippen LogP contribution in [0, 0.1) is 11.3 Å². The molecule has 18 heavy (non-hydrogen) atoms. The number of likely N-dealkylation sites (tertiary alicyclic amines) is 1. The molecule has 0 aromatic rings. The van der Waals surface area contributed by atoms with Gasteiger partial charge in [0.25, 0.3) is 0 Å². The molecule has 0 aromatic carbocycles. The minimum atomic E-state index is 0.374. The van der Waals surface area contributed by atoms with Gasteiger partial charge in [-0.05, 0) is 50.2 Å². The third-order valence-corrected chi connectivity index (χ3v) is 4.37. The highest BCUT2D eigenvalue weighted by Gasteiger charge is 2.26. The van der Waals surface area contributed by atoms with Gasteiger partial charge in [0.15, 0.2) is 0 Å². The molecule has 1 heterocycles. The van der Waals surface area contributed by atoms with Crippen LogP contribution in [-0.2, 0) is 0 Å². The molecule has 0 bridgehead atoms. The first-order valence-electron chi connectivity index (χ1n) is 7.93. The topological polar surface area (TPSA) is 15.3 Å². The maximum atomic E-state index is 3.73. The van der Waals surface area contributed by atoms with E-state index in [2.05, 4.69) is 44.8 Å². The Hall–Kier alpha value is -0.0800. The second-order valence-electron chi connectivity index (χ2n) is 7.02. The number of rotatable bonds is 7. The van der Waals surface area contributed by atoms with Crippen LogP contribution in [0.1, 0.15) is 60.3 Å². The summed E-state index contributed by atoms with van der Waals surface area (Å²) in [5.74, 6) is 0.960. The lowest BCUT2D eigenvalue weighted by atomic mass is 9.84. The van der Waals surface area contributed by atoms with Gasteiger partial charge in [-0.15, -0.1) is 0 Å². The molecule has 1 fully saturated rings. The molecule has 0 amide bonds. The monoisotopic (exact) mass is 254 g/mol. The summed E-state index contributed by atoms with van der Waals surface area (Å²) in [5, 5.41) is 3.73. The van der Waals surface area contributed by atoms with Crippen molar-refractivity contribution in [3.63, 3.8) is 0 Å². The summed E-state index contributed by atoms with van der Waals surface area (Å²) < 4.78 is 0. The van der Waals surface area contributed by atoms with Crippen LogP contribution < -0.4 is 5.32 Å². The molecule has 108 valence electrons. The van der Waals surface area contributed by atoms with E-state index in [0.29, 0.717) is 11.5 Å². The highest BCUT2D eigenvalue weighted by Crippen LogP contribution is 2.24. The number of hydrogen-bond donors (Lipinski definition) is 1. The number of nitrogens with one attached hydrogen (secondary N) is 1. The molecule has 1 aliphatic rings. The maximum absolute atomic E-state index is 3.73. The predicted octanol–water partition coefficient (Wildman–Crippen LogP) is 3.52. The van der Waals surface area contributed by atoms with Crippen molar-refractivity contribution in [1.82, 2.24) is 10.2 Å². The fourth-order valence-corrected chi connectivity index (χ4v) is 2.92. The van der Waals surface area contributed by atoms with Gasteiger partial charge < -0.3 is 10.2 Å². The van der Waals surface area contributed by atoms with Crippen molar-refractivity contribution in [1.29, 1.82) is 0 Å². The Bertz CT molecular complexity index is 220. The van der Waals surface area contributed by atoms with Crippen molar-refractivity contribution in [3.05, 3.63) is 0 Å². The highest BCUT2D eigenvalue weighted by atomic mass is 15.1. The van der Waals surface area contributed by atoms with Crippen LogP contribution in [0.3, 0.4) is 0 Å². The molecule has 1 N–H and O–H groups in total. The molecule has 0 saturated carbocycles. The van der Waals surface area contributed by atoms with Crippen LogP contribution in [0.4, 0.5) is 0 Å². The van der Waals surface area contributed by atoms with E-state index in [-0.39, 0.29) is 0 Å². The molecular weight excluding hydrogens is 220 g/mol. The van der Waals surface area contributed by atoms with Crippen LogP contribution >= 0.6 is 0 Å². The van der Waals surface area contributed by atoms with Gasteiger partial charge in [0, 0.05) is 12.6 Å². The lowest BCUT2D eigenvalue weighted by Gasteiger charge is -2.33. The zero-order valence-corrected chi connectivity index (χ0v) is 13.3. The first-order chi connectivity index (χ1) is 8.47. The van der Waals surface area contributed by atoms with E-state index >= 15 is 0 Å². The summed E-state index contributed by atoms with van der Waals surface area (Å²) in [6.07, 6.45) is 5.29. The van der Waals surface area contributed by atoms with E-state index < -0.39 is 0 Å². The zero-order chi connectivity index (χ0) is 13.6. The number of hydrogen-bond acceptors (Lipinski definition) is 2. The summed E-state index contributed by atoms with van der Waals surface area (Å²) in [6, 6.07) is 0.651. The molecule has 2 heteroatoms. The molecule has 2 unspecified atom stereocenters. The fourth-order valence-electron chi connectivity index (χ4n) is 2.92. The molecule has 2 nitrogen and oxygen atoms in total. The minimum absolute atomic E-state index is 0.374. The molecule has 0 aliphatic carbocycles. The van der Waals surface area contributed by atoms with Crippen molar-refractivity contribution < 1.29 is 0 Å². The van der Waals surface area contributed by atoms with Crippen molar-refractivity contribution in [2.75, 3.05) is 26.2 Å². The van der Waals surface area contributed by atoms with Crippen LogP contribution in [0.2, 0.25) is 0 Å². The summed E-state index contributed by atoms with van der Waals surface area (Å²) in [4.78, 5) is 2.67. The van der Waals surface area contributed by atoms with Crippen molar-refractivity contribution in [2.45, 2.75) is 66.3 Å². The third kappa shape index (κ3) is 5.27. The third-order valence-electron chi connectivity index (χ3n) is 4.37. The molecule has 2 atom stereocenters. The quantitative estimate of drug-likeness (QED) is 0.748. The average molecular weight is 254 g/mol. The Morgan fingerprint density at radius 3 is 2.50 bits per heavy atom. The largest absolute Gasteiger partial charge is 0.313 e. The Labute approximate surface area is 115 Å². The van der Waals surface area contributed by atoms with E-state index in [9.17, 15) is 0 Å². The minimum Gasteiger partial charge on any atom is -0.313 e. The fraction of sp³-hybridized carbons (Fsp3) is 1.00. The van der Waals surface area contributed by atoms with E-state index in [0.717, 1.165) is 12.5 Å². The average Bonchev–Trinajstić information content (AvgIpc) is 2.75. The molecule has 0 radical (unpaired) electrons. The second-order valence-corrected chi connectivity index (χ2v) is 7.02. The summed E-state index contributed by atoms with van der Waals surface area (Å²) in [6.45, 7) is 16.7. The molecular formula is C16H34N2. The molecule has 1 rings (SSSR count). The van der Waals surface area contributed by atoms with E-state index in [1.165, 1.54) is 45.3 Å². The summed E-state index contributed by atoms with van der Waals surface area (Å²) in [5.41, 5.74) is 0.374. The van der Waals surface area contributed by atoms with Crippen molar-refractivity contribution in [2.24, 2.45) is 11.3 Å². The maximum Gasteiger partial charge on any atom is 0.0128 e. The van der Waals surface area contributed by atoms with Crippen LogP contribution in [-0.4, -0.2) is 37.1 Å². The summed E-state index contributed by atoms with van der Waals surface area (Å²) in [7, 11) is 0.